The van der Waals surface area contributed by atoms with Crippen LogP contribution >= 0.6 is 0 Å². The van der Waals surface area contributed by atoms with E-state index in [1.165, 1.54) is 0 Å². The molecule has 0 aliphatic carbocycles. The molecule has 0 unspecified atom stereocenters. The first-order valence-electron chi connectivity index (χ1n) is 14.4. The number of para-hydroxylation sites is 1. The van der Waals surface area contributed by atoms with Crippen molar-refractivity contribution >= 4 is 11.7 Å². The smallest absolute Gasteiger partial charge is 0.457 e. The highest BCUT2D eigenvalue weighted by molar-refractivity contribution is 5.77. The summed E-state index contributed by atoms with van der Waals surface area (Å²) in [5.74, 6) is 3.05. The standard InChI is InChI=1S/C39H29N3O2/c1-41-20-21-42(28-41)34-13-9-17-37(27-34)44-36-16-8-12-31(23-36)39-26-30(18-19-40-39)33-22-32(29-10-4-2-5-11-29)24-38(25-33)43-35-14-6-3-7-15-35/h2-27H,1H3/q+2. The maximum atomic E-state index is 6.29. The molecule has 0 fully saturated rings. The van der Waals surface area contributed by atoms with Gasteiger partial charge in [0.05, 0.1) is 11.8 Å². The minimum Gasteiger partial charge on any atom is -0.457 e. The topological polar surface area (TPSA) is 37.4 Å². The highest BCUT2D eigenvalue weighted by Gasteiger charge is 2.17. The van der Waals surface area contributed by atoms with Gasteiger partial charge in [-0.15, -0.1) is 0 Å². The lowest BCUT2D eigenvalue weighted by molar-refractivity contribution is -0.429. The molecule has 210 valence electrons. The van der Waals surface area contributed by atoms with Gasteiger partial charge in [-0.25, -0.2) is 0 Å². The molecule has 2 heterocycles. The van der Waals surface area contributed by atoms with Crippen LogP contribution in [-0.2, 0) is 0 Å². The Morgan fingerprint density at radius 1 is 0.500 bits per heavy atom. The number of aromatic nitrogens is 1. The lowest BCUT2D eigenvalue weighted by Crippen LogP contribution is -1.94. The number of ether oxygens (including phenoxy) is 2. The van der Waals surface area contributed by atoms with Gasteiger partial charge in [0.2, 0.25) is 11.9 Å². The molecule has 0 N–H and O–H groups in total. The van der Waals surface area contributed by atoms with E-state index in [2.05, 4.69) is 60.6 Å². The highest BCUT2D eigenvalue weighted by Crippen LogP contribution is 2.35. The van der Waals surface area contributed by atoms with E-state index in [4.69, 9.17) is 14.5 Å². The van der Waals surface area contributed by atoms with Crippen molar-refractivity contribution < 1.29 is 18.6 Å². The van der Waals surface area contributed by atoms with Crippen LogP contribution in [0.3, 0.4) is 0 Å². The van der Waals surface area contributed by atoms with Crippen molar-refractivity contribution in [1.82, 2.24) is 4.98 Å². The van der Waals surface area contributed by atoms with E-state index in [0.717, 1.165) is 62.2 Å². The van der Waals surface area contributed by atoms with Crippen LogP contribution in [0.25, 0.3) is 33.5 Å². The highest BCUT2D eigenvalue weighted by atomic mass is 16.5. The van der Waals surface area contributed by atoms with Gasteiger partial charge >= 0.3 is 6.01 Å². The Morgan fingerprint density at radius 3 is 1.91 bits per heavy atom. The Bertz CT molecular complexity index is 2060. The summed E-state index contributed by atoms with van der Waals surface area (Å²) in [4.78, 5) is 4.71. The van der Waals surface area contributed by atoms with Gasteiger partial charge in [-0.05, 0) is 82.9 Å². The molecular formula is C39H29N3O2+2. The van der Waals surface area contributed by atoms with Crippen molar-refractivity contribution in [3.63, 3.8) is 0 Å². The van der Waals surface area contributed by atoms with Crippen LogP contribution in [0.2, 0.25) is 0 Å². The molecule has 0 saturated carbocycles. The molecule has 0 bridgehead atoms. The fourth-order valence-corrected chi connectivity index (χ4v) is 5.11. The minimum absolute atomic E-state index is 0.735. The predicted molar refractivity (Wildman–Crippen MR) is 174 cm³/mol. The van der Waals surface area contributed by atoms with E-state index < -0.39 is 0 Å². The van der Waals surface area contributed by atoms with Crippen LogP contribution in [0, 0.1) is 0 Å². The average molecular weight is 572 g/mol. The molecule has 1 aliphatic heterocycles. The molecule has 5 aromatic carbocycles. The van der Waals surface area contributed by atoms with Crippen LogP contribution in [0.5, 0.6) is 23.0 Å². The summed E-state index contributed by atoms with van der Waals surface area (Å²) in [5, 5.41) is 0. The van der Waals surface area contributed by atoms with E-state index in [-0.39, 0.29) is 0 Å². The van der Waals surface area contributed by atoms with Crippen LogP contribution in [0.4, 0.5) is 5.69 Å². The fourth-order valence-electron chi connectivity index (χ4n) is 5.11. The Balaban J connectivity index is 1.20. The van der Waals surface area contributed by atoms with E-state index >= 15 is 0 Å². The summed E-state index contributed by atoms with van der Waals surface area (Å²) in [5.41, 5.74) is 7.08. The molecule has 7 rings (SSSR count). The van der Waals surface area contributed by atoms with E-state index in [1.54, 1.807) is 0 Å². The SMILES string of the molecule is C[N+]1=C=[N+](c2cccc(Oc3cccc(-c4cc(-c5cc(Oc6ccccc6)cc(-c6ccccc6)c5)ccn4)c3)c2)C=C1. The lowest BCUT2D eigenvalue weighted by Gasteiger charge is -2.13. The zero-order valence-corrected chi connectivity index (χ0v) is 24.2. The molecule has 1 aliphatic rings. The van der Waals surface area contributed by atoms with Crippen LogP contribution in [0.15, 0.2) is 158 Å². The lowest BCUT2D eigenvalue weighted by atomic mass is 9.98. The quantitative estimate of drug-likeness (QED) is 0.171. The zero-order valence-electron chi connectivity index (χ0n) is 24.2. The third kappa shape index (κ3) is 6.09. The van der Waals surface area contributed by atoms with Gasteiger partial charge < -0.3 is 9.47 Å². The predicted octanol–water partition coefficient (Wildman–Crippen LogP) is 9.61. The van der Waals surface area contributed by atoms with Gasteiger partial charge in [-0.1, -0.05) is 75.9 Å². The van der Waals surface area contributed by atoms with Crippen molar-refractivity contribution in [2.75, 3.05) is 7.05 Å². The monoisotopic (exact) mass is 571 g/mol. The number of benzene rings is 5. The summed E-state index contributed by atoms with van der Waals surface area (Å²) in [7, 11) is 1.95. The van der Waals surface area contributed by atoms with Crippen molar-refractivity contribution in [3.05, 3.63) is 158 Å². The van der Waals surface area contributed by atoms with Crippen molar-refractivity contribution in [1.29, 1.82) is 0 Å². The summed E-state index contributed by atoms with van der Waals surface area (Å²) in [6.07, 6.45) is 5.76. The second-order valence-electron chi connectivity index (χ2n) is 10.5. The molecule has 5 nitrogen and oxygen atoms in total. The van der Waals surface area contributed by atoms with E-state index in [9.17, 15) is 0 Å². The van der Waals surface area contributed by atoms with Gasteiger partial charge in [-0.3, -0.25) is 4.98 Å². The molecular weight excluding hydrogens is 542 g/mol. The van der Waals surface area contributed by atoms with Crippen molar-refractivity contribution in [2.24, 2.45) is 0 Å². The Hall–Kier alpha value is -6.03. The zero-order chi connectivity index (χ0) is 29.7. The first kappa shape index (κ1) is 26.8. The fraction of sp³-hybridized carbons (Fsp3) is 0.0256. The van der Waals surface area contributed by atoms with Crippen LogP contribution < -0.4 is 9.47 Å². The Labute approximate surface area is 256 Å². The maximum Gasteiger partial charge on any atom is 0.495 e. The maximum absolute atomic E-state index is 6.29. The van der Waals surface area contributed by atoms with E-state index in [0.29, 0.717) is 0 Å². The van der Waals surface area contributed by atoms with Gasteiger partial charge in [0.1, 0.15) is 23.0 Å². The third-order valence-electron chi connectivity index (χ3n) is 7.25. The summed E-state index contributed by atoms with van der Waals surface area (Å²) < 4.78 is 16.4. The molecule has 5 heteroatoms. The minimum atomic E-state index is 0.735. The van der Waals surface area contributed by atoms with Gasteiger partial charge in [0.25, 0.3) is 6.20 Å². The third-order valence-corrected chi connectivity index (χ3v) is 7.25. The number of nitrogens with zero attached hydrogens (tertiary/aromatic N) is 3. The number of hydrogen-bond acceptors (Lipinski definition) is 3. The molecule has 6 aromatic rings. The second-order valence-corrected chi connectivity index (χ2v) is 10.5. The second kappa shape index (κ2) is 12.1. The molecule has 0 spiro atoms. The largest absolute Gasteiger partial charge is 0.495 e. The summed E-state index contributed by atoms with van der Waals surface area (Å²) in [6.45, 7) is 0. The first-order chi connectivity index (χ1) is 21.7. The molecule has 1 aromatic heterocycles. The molecule has 44 heavy (non-hydrogen) atoms. The van der Waals surface area contributed by atoms with Gasteiger partial charge in [0, 0.05) is 17.8 Å². The molecule has 0 radical (unpaired) electrons. The molecule has 0 atom stereocenters. The van der Waals surface area contributed by atoms with Gasteiger partial charge in [-0.2, -0.15) is 0 Å². The Morgan fingerprint density at radius 2 is 1.14 bits per heavy atom. The van der Waals surface area contributed by atoms with Crippen LogP contribution in [0.1, 0.15) is 0 Å². The Kier molecular flexibility index (Phi) is 7.36. The molecule has 0 saturated heterocycles. The molecule has 0 amide bonds. The van der Waals surface area contributed by atoms with Gasteiger partial charge in [0.15, 0.2) is 7.05 Å². The van der Waals surface area contributed by atoms with E-state index in [1.807, 2.05) is 120 Å². The normalized spacial score (nSPS) is 12.0. The number of hydrogen-bond donors (Lipinski definition) is 0. The van der Waals surface area contributed by atoms with Crippen LogP contribution in [-0.4, -0.2) is 27.2 Å². The number of pyridine rings is 1. The number of rotatable bonds is 8. The average Bonchev–Trinajstić information content (AvgIpc) is 3.52. The van der Waals surface area contributed by atoms with Crippen molar-refractivity contribution in [3.8, 4) is 56.5 Å². The summed E-state index contributed by atoms with van der Waals surface area (Å²) >= 11 is 0. The van der Waals surface area contributed by atoms with Crippen molar-refractivity contribution in [2.45, 2.75) is 0 Å². The first-order valence-corrected chi connectivity index (χ1v) is 14.4. The summed E-state index contributed by atoms with van der Waals surface area (Å²) in [6, 6.07) is 49.9.